The highest BCUT2D eigenvalue weighted by Crippen LogP contribution is 2.22. The van der Waals surface area contributed by atoms with Crippen LogP contribution in [0.4, 0.5) is 15.3 Å². The van der Waals surface area contributed by atoms with Crippen LogP contribution in [0.1, 0.15) is 0 Å². The van der Waals surface area contributed by atoms with Gasteiger partial charge in [0.1, 0.15) is 11.4 Å². The molecule has 0 saturated heterocycles. The first-order valence-corrected chi connectivity index (χ1v) is 5.83. The lowest BCUT2D eigenvalue weighted by atomic mass is 10.2. The number of carbonyl (C=O) groups excluding carboxylic acids is 1. The molecule has 0 spiro atoms. The van der Waals surface area contributed by atoms with Crippen molar-refractivity contribution in [2.45, 2.75) is 0 Å². The third kappa shape index (κ3) is 9.69. The van der Waals surface area contributed by atoms with Gasteiger partial charge in [-0.05, 0) is 12.1 Å². The summed E-state index contributed by atoms with van der Waals surface area (Å²) in [5.74, 6) is 0.573. The zero-order valence-electron chi connectivity index (χ0n) is 12.8. The molecule has 0 atom stereocenters. The summed E-state index contributed by atoms with van der Waals surface area (Å²) in [5, 5.41) is 7.19. The predicted molar refractivity (Wildman–Crippen MR) is 77.9 cm³/mol. The van der Waals surface area contributed by atoms with Gasteiger partial charge in [0.15, 0.2) is 0 Å². The molecule has 0 saturated carbocycles. The van der Waals surface area contributed by atoms with Crippen molar-refractivity contribution in [1.82, 2.24) is 9.38 Å². The minimum absolute atomic E-state index is 0. The molecule has 0 heterocycles. The van der Waals surface area contributed by atoms with Crippen molar-refractivity contribution in [2.75, 3.05) is 35.2 Å². The third-order valence-corrected chi connectivity index (χ3v) is 2.16. The summed E-state index contributed by atoms with van der Waals surface area (Å²) in [6.45, 7) is 0. The topological polar surface area (TPSA) is 92.9 Å². The highest BCUT2D eigenvalue weighted by atomic mass is 79.9. The maximum atomic E-state index is 11.4. The fourth-order valence-corrected chi connectivity index (χ4v) is 1.16. The smallest absolute Gasteiger partial charge is 0.414 e. The van der Waals surface area contributed by atoms with Gasteiger partial charge in [-0.25, -0.2) is 9.59 Å². The van der Waals surface area contributed by atoms with Crippen LogP contribution in [0.15, 0.2) is 24.3 Å². The number of hydrogen-bond acceptors (Lipinski definition) is 3. The lowest BCUT2D eigenvalue weighted by Crippen LogP contribution is -3.00. The molecule has 1 rings (SSSR count). The monoisotopic (exact) mass is 363 g/mol. The van der Waals surface area contributed by atoms with Crippen LogP contribution in [0, 0.1) is 0 Å². The van der Waals surface area contributed by atoms with Gasteiger partial charge in [-0.1, -0.05) is 6.07 Å². The number of rotatable bonds is 2. The predicted octanol–water partition coefficient (Wildman–Crippen LogP) is -1.43. The second-order valence-corrected chi connectivity index (χ2v) is 5.11. The van der Waals surface area contributed by atoms with Crippen LogP contribution in [-0.2, 0) is 0 Å². The van der Waals surface area contributed by atoms with E-state index in [9.17, 15) is 4.79 Å². The highest BCUT2D eigenvalue weighted by molar-refractivity contribution is 5.70. The van der Waals surface area contributed by atoms with Crippen molar-refractivity contribution < 1.29 is 36.4 Å². The largest absolute Gasteiger partial charge is 1.00 e. The van der Waals surface area contributed by atoms with Crippen LogP contribution in [0.25, 0.3) is 0 Å². The number of carbonyl (C=O) groups is 2. The van der Waals surface area contributed by atoms with Crippen molar-refractivity contribution in [1.29, 1.82) is 0 Å². The maximum absolute atomic E-state index is 11.4. The van der Waals surface area contributed by atoms with E-state index in [0.717, 1.165) is 5.69 Å². The molecule has 7 nitrogen and oxygen atoms in total. The molecule has 0 bridgehead atoms. The average Bonchev–Trinajstić information content (AvgIpc) is 2.27. The van der Waals surface area contributed by atoms with E-state index in [1.165, 1.54) is 4.90 Å². The van der Waals surface area contributed by atoms with E-state index in [0.29, 0.717) is 10.2 Å². The zero-order valence-corrected chi connectivity index (χ0v) is 14.4. The van der Waals surface area contributed by atoms with Crippen LogP contribution in [0.5, 0.6) is 5.75 Å². The summed E-state index contributed by atoms with van der Waals surface area (Å²) in [6.07, 6.45) is -1.70. The Hall–Kier alpha value is -1.80. The Bertz CT molecular complexity index is 469. The van der Waals surface area contributed by atoms with Crippen LogP contribution < -0.4 is 31.9 Å². The molecule has 8 heteroatoms. The van der Waals surface area contributed by atoms with Crippen molar-refractivity contribution >= 4 is 17.9 Å². The second kappa shape index (κ2) is 9.19. The number of nitrogens with zero attached hydrogens (tertiary/aromatic N) is 2. The molecule has 120 valence electrons. The van der Waals surface area contributed by atoms with E-state index in [1.54, 1.807) is 20.2 Å². The molecule has 1 aromatic carbocycles. The average molecular weight is 364 g/mol. The number of halogens is 1. The van der Waals surface area contributed by atoms with Crippen LogP contribution >= 0.6 is 0 Å². The zero-order chi connectivity index (χ0) is 15.9. The molecule has 0 aliphatic carbocycles. The molecular weight excluding hydrogens is 342 g/mol. The minimum Gasteiger partial charge on any atom is -1.00 e. The first kappa shape index (κ1) is 21.5. The van der Waals surface area contributed by atoms with Gasteiger partial charge in [0.2, 0.25) is 0 Å². The van der Waals surface area contributed by atoms with Gasteiger partial charge in [-0.2, -0.15) is 0 Å². The third-order valence-electron chi connectivity index (χ3n) is 2.16. The fourth-order valence-electron chi connectivity index (χ4n) is 1.16. The van der Waals surface area contributed by atoms with Gasteiger partial charge in [0.05, 0.1) is 21.1 Å². The Labute approximate surface area is 135 Å². The SMILES string of the molecule is CN(C)C(=O)Oc1cccc([N+](C)(C)C)c1.NC(=O)O.[Br-]. The first-order chi connectivity index (χ1) is 9.04. The number of primary amides is 1. The van der Waals surface area contributed by atoms with Crippen molar-refractivity contribution in [3.05, 3.63) is 24.3 Å². The van der Waals surface area contributed by atoms with Gasteiger partial charge in [0, 0.05) is 20.2 Å². The van der Waals surface area contributed by atoms with E-state index >= 15 is 0 Å². The second-order valence-electron chi connectivity index (χ2n) is 5.11. The van der Waals surface area contributed by atoms with Crippen molar-refractivity contribution in [3.63, 3.8) is 0 Å². The van der Waals surface area contributed by atoms with Gasteiger partial charge < -0.3 is 37.5 Å². The number of hydrogen-bond donors (Lipinski definition) is 2. The van der Waals surface area contributed by atoms with Gasteiger partial charge >= 0.3 is 12.2 Å². The number of amides is 2. The lowest BCUT2D eigenvalue weighted by Gasteiger charge is -2.23. The summed E-state index contributed by atoms with van der Waals surface area (Å²) in [5.41, 5.74) is 5.11. The van der Waals surface area contributed by atoms with Crippen LogP contribution in [0.3, 0.4) is 0 Å². The van der Waals surface area contributed by atoms with E-state index in [1.807, 2.05) is 18.2 Å². The normalized spacial score (nSPS) is 9.57. The number of nitrogens with two attached hydrogens (primary N) is 1. The van der Waals surface area contributed by atoms with E-state index < -0.39 is 6.09 Å². The molecule has 0 fully saturated rings. The number of benzene rings is 1. The molecule has 0 aliphatic heterocycles. The molecule has 0 unspecified atom stereocenters. The molecule has 0 aromatic heterocycles. The van der Waals surface area contributed by atoms with Gasteiger partial charge in [-0.3, -0.25) is 4.48 Å². The maximum Gasteiger partial charge on any atom is 0.414 e. The number of quaternary nitrogens is 1. The fraction of sp³-hybridized carbons (Fsp3) is 0.385. The Morgan fingerprint density at radius 2 is 1.71 bits per heavy atom. The Kier molecular flexibility index (Phi) is 9.41. The van der Waals surface area contributed by atoms with E-state index in [2.05, 4.69) is 26.9 Å². The number of ether oxygens (including phenoxy) is 1. The van der Waals surface area contributed by atoms with Crippen LogP contribution in [0.2, 0.25) is 0 Å². The molecule has 1 aromatic rings. The molecule has 3 N–H and O–H groups in total. The Morgan fingerprint density at radius 1 is 1.24 bits per heavy atom. The molecule has 2 amide bonds. The van der Waals surface area contributed by atoms with Crippen LogP contribution in [-0.4, -0.2) is 57.4 Å². The first-order valence-electron chi connectivity index (χ1n) is 5.83. The summed E-state index contributed by atoms with van der Waals surface area (Å²) in [4.78, 5) is 21.6. The summed E-state index contributed by atoms with van der Waals surface area (Å²) < 4.78 is 5.88. The van der Waals surface area contributed by atoms with Crippen molar-refractivity contribution in [2.24, 2.45) is 5.73 Å². The molecular formula is C13H22BrN3O4. The van der Waals surface area contributed by atoms with Crippen molar-refractivity contribution in [3.8, 4) is 5.75 Å². The standard InChI is InChI=1S/C12H19N2O2.CH3NO2.BrH/c1-13(2)12(15)16-11-8-6-7-10(9-11)14(3,4)5;2-1(3)4;/h6-9H,1-5H3;2H2,(H,3,4);1H/q+1;;/p-1. The number of carboxylic acid groups (broad SMARTS) is 1. The van der Waals surface area contributed by atoms with Gasteiger partial charge in [0.25, 0.3) is 0 Å². The molecule has 0 aliphatic rings. The molecule has 0 radical (unpaired) electrons. The Balaban J connectivity index is 0. The minimum atomic E-state index is -1.33. The van der Waals surface area contributed by atoms with E-state index in [-0.39, 0.29) is 23.1 Å². The quantitative estimate of drug-likeness (QED) is 0.630. The summed E-state index contributed by atoms with van der Waals surface area (Å²) in [7, 11) is 9.50. The van der Waals surface area contributed by atoms with Gasteiger partial charge in [-0.15, -0.1) is 0 Å². The van der Waals surface area contributed by atoms with E-state index in [4.69, 9.17) is 14.6 Å². The summed E-state index contributed by atoms with van der Waals surface area (Å²) in [6, 6.07) is 7.55. The highest BCUT2D eigenvalue weighted by Gasteiger charge is 2.14. The summed E-state index contributed by atoms with van der Waals surface area (Å²) >= 11 is 0. The molecule has 21 heavy (non-hydrogen) atoms. The Morgan fingerprint density at radius 3 is 2.10 bits per heavy atom. The lowest BCUT2D eigenvalue weighted by molar-refractivity contribution is -0.0000158.